The van der Waals surface area contributed by atoms with E-state index in [9.17, 15) is 5.11 Å². The van der Waals surface area contributed by atoms with E-state index in [1.165, 1.54) is 44.3 Å². The van der Waals surface area contributed by atoms with E-state index in [1.54, 1.807) is 0 Å². The fraction of sp³-hybridized carbons (Fsp3) is 0.667. The molecule has 21 heavy (non-hydrogen) atoms. The molecule has 1 aliphatic heterocycles. The molecule has 1 heterocycles. The fourth-order valence-electron chi connectivity index (χ4n) is 3.49. The number of benzene rings is 1. The first-order chi connectivity index (χ1) is 10.1. The minimum atomic E-state index is 0.449. The third kappa shape index (κ3) is 3.98. The van der Waals surface area contributed by atoms with Gasteiger partial charge in [-0.25, -0.2) is 0 Å². The van der Waals surface area contributed by atoms with E-state index in [1.807, 2.05) is 13.8 Å². The van der Waals surface area contributed by atoms with E-state index >= 15 is 0 Å². The van der Waals surface area contributed by atoms with Crippen LogP contribution in [0.25, 0.3) is 0 Å². The predicted molar refractivity (Wildman–Crippen MR) is 86.6 cm³/mol. The number of phenols is 1. The van der Waals surface area contributed by atoms with Gasteiger partial charge in [0.05, 0.1) is 0 Å². The van der Waals surface area contributed by atoms with Crippen LogP contribution in [0.2, 0.25) is 0 Å². The topological polar surface area (TPSA) is 35.5 Å². The molecule has 2 N–H and O–H groups in total. The molecule has 1 aromatic rings. The van der Waals surface area contributed by atoms with E-state index in [0.717, 1.165) is 30.1 Å². The lowest BCUT2D eigenvalue weighted by Crippen LogP contribution is -2.38. The summed E-state index contributed by atoms with van der Waals surface area (Å²) in [4.78, 5) is 2.62. The summed E-state index contributed by atoms with van der Waals surface area (Å²) in [5, 5.41) is 13.5. The second kappa shape index (κ2) is 6.37. The van der Waals surface area contributed by atoms with Gasteiger partial charge in [0.25, 0.3) is 0 Å². The minimum absolute atomic E-state index is 0.449. The van der Waals surface area contributed by atoms with Crippen molar-refractivity contribution in [3.63, 3.8) is 0 Å². The normalized spacial score (nSPS) is 22.1. The van der Waals surface area contributed by atoms with Gasteiger partial charge in [0, 0.05) is 25.7 Å². The minimum Gasteiger partial charge on any atom is -0.507 e. The van der Waals surface area contributed by atoms with Crippen LogP contribution in [0.1, 0.15) is 42.4 Å². The van der Waals surface area contributed by atoms with Crippen LogP contribution in [0.15, 0.2) is 12.1 Å². The summed E-state index contributed by atoms with van der Waals surface area (Å²) in [5.74, 6) is 1.37. The van der Waals surface area contributed by atoms with Crippen LogP contribution < -0.4 is 5.32 Å². The number of nitrogens with one attached hydrogen (secondary N) is 1. The Morgan fingerprint density at radius 1 is 1.14 bits per heavy atom. The van der Waals surface area contributed by atoms with Crippen molar-refractivity contribution in [2.24, 2.45) is 5.92 Å². The molecular weight excluding hydrogens is 260 g/mol. The number of phenolic OH excluding ortho intramolecular Hbond substituents is 1. The van der Waals surface area contributed by atoms with Crippen LogP contribution in [0.4, 0.5) is 0 Å². The Morgan fingerprint density at radius 3 is 2.43 bits per heavy atom. The van der Waals surface area contributed by atoms with Crippen LogP contribution in [0.3, 0.4) is 0 Å². The van der Waals surface area contributed by atoms with Crippen molar-refractivity contribution >= 4 is 0 Å². The lowest BCUT2D eigenvalue weighted by atomic mass is 10.0. The molecule has 1 atom stereocenters. The lowest BCUT2D eigenvalue weighted by molar-refractivity contribution is 0.231. The van der Waals surface area contributed by atoms with Gasteiger partial charge in [-0.15, -0.1) is 0 Å². The Hall–Kier alpha value is -1.06. The van der Waals surface area contributed by atoms with Gasteiger partial charge in [-0.1, -0.05) is 12.1 Å². The maximum Gasteiger partial charge on any atom is 0.121 e. The van der Waals surface area contributed by atoms with E-state index in [2.05, 4.69) is 22.3 Å². The van der Waals surface area contributed by atoms with Crippen LogP contribution in [0, 0.1) is 19.8 Å². The number of aromatic hydroxyl groups is 1. The fourth-order valence-corrected chi connectivity index (χ4v) is 3.49. The summed E-state index contributed by atoms with van der Waals surface area (Å²) in [6.45, 7) is 8.58. The quantitative estimate of drug-likeness (QED) is 0.845. The van der Waals surface area contributed by atoms with Crippen molar-refractivity contribution in [3.8, 4) is 5.75 Å². The molecule has 2 fully saturated rings. The number of hydrogen-bond donors (Lipinski definition) is 2. The monoisotopic (exact) mass is 288 g/mol. The van der Waals surface area contributed by atoms with Crippen LogP contribution in [0.5, 0.6) is 5.75 Å². The number of aryl methyl sites for hydroxylation is 2. The molecule has 3 heteroatoms. The number of hydrogen-bond acceptors (Lipinski definition) is 3. The third-order valence-electron chi connectivity index (χ3n) is 4.81. The molecule has 1 unspecified atom stereocenters. The van der Waals surface area contributed by atoms with Gasteiger partial charge in [0.15, 0.2) is 0 Å². The van der Waals surface area contributed by atoms with Gasteiger partial charge in [-0.2, -0.15) is 0 Å². The molecule has 3 nitrogen and oxygen atoms in total. The van der Waals surface area contributed by atoms with E-state index in [-0.39, 0.29) is 0 Å². The first-order valence-electron chi connectivity index (χ1n) is 8.36. The molecule has 1 aliphatic carbocycles. The lowest BCUT2D eigenvalue weighted by Gasteiger charge is -2.26. The Bertz CT molecular complexity index is 467. The summed E-state index contributed by atoms with van der Waals surface area (Å²) in [7, 11) is 0. The van der Waals surface area contributed by atoms with Crippen LogP contribution in [-0.2, 0) is 6.54 Å². The van der Waals surface area contributed by atoms with E-state index in [4.69, 9.17) is 0 Å². The maximum absolute atomic E-state index is 9.93. The third-order valence-corrected chi connectivity index (χ3v) is 4.81. The summed E-state index contributed by atoms with van der Waals surface area (Å²) >= 11 is 0. The summed E-state index contributed by atoms with van der Waals surface area (Å²) < 4.78 is 0. The summed E-state index contributed by atoms with van der Waals surface area (Å²) in [5.41, 5.74) is 3.33. The van der Waals surface area contributed by atoms with E-state index in [0.29, 0.717) is 11.8 Å². The molecule has 1 aromatic carbocycles. The first-order valence-corrected chi connectivity index (χ1v) is 8.36. The molecule has 0 aromatic heterocycles. The van der Waals surface area contributed by atoms with Crippen molar-refractivity contribution in [3.05, 3.63) is 28.8 Å². The van der Waals surface area contributed by atoms with Gasteiger partial charge in [0.2, 0.25) is 0 Å². The largest absolute Gasteiger partial charge is 0.507 e. The van der Waals surface area contributed by atoms with Crippen molar-refractivity contribution < 1.29 is 5.11 Å². The van der Waals surface area contributed by atoms with Crippen molar-refractivity contribution in [1.29, 1.82) is 0 Å². The average Bonchev–Trinajstić information content (AvgIpc) is 3.09. The van der Waals surface area contributed by atoms with Crippen molar-refractivity contribution in [2.45, 2.75) is 52.1 Å². The molecule has 2 aliphatic rings. The molecule has 0 radical (unpaired) electrons. The predicted octanol–water partition coefficient (Wildman–Crippen LogP) is 2.97. The molecule has 0 amide bonds. The molecule has 116 valence electrons. The number of nitrogens with zero attached hydrogens (tertiary/aromatic N) is 1. The zero-order chi connectivity index (χ0) is 14.8. The average molecular weight is 288 g/mol. The smallest absolute Gasteiger partial charge is 0.121 e. The van der Waals surface area contributed by atoms with E-state index < -0.39 is 0 Å². The second-order valence-electron chi connectivity index (χ2n) is 7.01. The molecule has 1 saturated carbocycles. The zero-order valence-electron chi connectivity index (χ0n) is 13.4. The second-order valence-corrected chi connectivity index (χ2v) is 7.01. The first kappa shape index (κ1) is 14.9. The highest BCUT2D eigenvalue weighted by atomic mass is 16.3. The summed E-state index contributed by atoms with van der Waals surface area (Å²) in [6.07, 6.45) is 5.44. The standard InChI is InChI=1S/C18H28N2O/c1-13-8-16(9-14(2)18(13)21)11-20(10-15-5-6-15)12-17-4-3-7-19-17/h8-9,15,17,19,21H,3-7,10-12H2,1-2H3. The van der Waals surface area contributed by atoms with Crippen LogP contribution >= 0.6 is 0 Å². The van der Waals surface area contributed by atoms with Crippen LogP contribution in [-0.4, -0.2) is 35.7 Å². The SMILES string of the molecule is Cc1cc(CN(CC2CC2)CC2CCCN2)cc(C)c1O. The molecule has 1 saturated heterocycles. The molecule has 0 spiro atoms. The number of rotatable bonds is 6. The molecular formula is C18H28N2O. The Kier molecular flexibility index (Phi) is 4.51. The Morgan fingerprint density at radius 2 is 1.86 bits per heavy atom. The zero-order valence-corrected chi connectivity index (χ0v) is 13.4. The van der Waals surface area contributed by atoms with Gasteiger partial charge < -0.3 is 10.4 Å². The van der Waals surface area contributed by atoms with Crippen molar-refractivity contribution in [2.75, 3.05) is 19.6 Å². The Balaban J connectivity index is 1.67. The van der Waals surface area contributed by atoms with Gasteiger partial charge >= 0.3 is 0 Å². The highest BCUT2D eigenvalue weighted by molar-refractivity contribution is 5.42. The maximum atomic E-state index is 9.93. The van der Waals surface area contributed by atoms with Gasteiger partial charge in [-0.3, -0.25) is 4.90 Å². The molecule has 0 bridgehead atoms. The Labute approximate surface area is 128 Å². The highest BCUT2D eigenvalue weighted by Crippen LogP contribution is 2.31. The van der Waals surface area contributed by atoms with Gasteiger partial charge in [0.1, 0.15) is 5.75 Å². The van der Waals surface area contributed by atoms with Gasteiger partial charge in [-0.05, 0) is 68.7 Å². The summed E-state index contributed by atoms with van der Waals surface area (Å²) in [6, 6.07) is 4.96. The highest BCUT2D eigenvalue weighted by Gasteiger charge is 2.26. The molecule has 3 rings (SSSR count). The van der Waals surface area contributed by atoms with Crippen molar-refractivity contribution in [1.82, 2.24) is 10.2 Å².